The predicted molar refractivity (Wildman–Crippen MR) is 79.1 cm³/mol. The Morgan fingerprint density at radius 3 is 2.60 bits per heavy atom. The third kappa shape index (κ3) is 2.86. The molecule has 0 aliphatic heterocycles. The van der Waals surface area contributed by atoms with E-state index in [0.29, 0.717) is 0 Å². The Kier molecular flexibility index (Phi) is 4.45. The molecule has 0 aromatic heterocycles. The molecule has 0 unspecified atom stereocenters. The van der Waals surface area contributed by atoms with Crippen LogP contribution in [0, 0.1) is 5.41 Å². The minimum Gasteiger partial charge on any atom is -0.378 e. The second kappa shape index (κ2) is 5.94. The average molecular weight is 276 g/mol. The highest BCUT2D eigenvalue weighted by molar-refractivity contribution is 5.81. The zero-order valence-corrected chi connectivity index (χ0v) is 12.4. The standard InChI is InChI=1S/C16H24N2O2/c1-4-20-13-10-12(16(13,2)3)18-14(15(17)19)11-8-6-5-7-9-11/h5-9,12-14,18H,4,10H2,1-3H3,(H2,17,19)/t12-,13+,14-/m0/s1. The number of primary amides is 1. The first-order chi connectivity index (χ1) is 9.46. The summed E-state index contributed by atoms with van der Waals surface area (Å²) in [5, 5.41) is 3.39. The van der Waals surface area contributed by atoms with Crippen LogP contribution in [0.2, 0.25) is 0 Å². The molecule has 0 spiro atoms. The van der Waals surface area contributed by atoms with Crippen molar-refractivity contribution in [2.24, 2.45) is 11.1 Å². The molecule has 1 aliphatic carbocycles. The number of nitrogens with one attached hydrogen (secondary N) is 1. The molecule has 0 heterocycles. The number of carbonyl (C=O) groups excluding carboxylic acids is 1. The minimum absolute atomic E-state index is 0.0124. The highest BCUT2D eigenvalue weighted by atomic mass is 16.5. The predicted octanol–water partition coefficient (Wildman–Crippen LogP) is 2.01. The van der Waals surface area contributed by atoms with Crippen molar-refractivity contribution in [1.82, 2.24) is 5.32 Å². The van der Waals surface area contributed by atoms with Crippen LogP contribution in [0.4, 0.5) is 0 Å². The molecular formula is C16H24N2O2. The van der Waals surface area contributed by atoms with E-state index in [2.05, 4.69) is 19.2 Å². The molecule has 2 rings (SSSR count). The van der Waals surface area contributed by atoms with Gasteiger partial charge in [-0.2, -0.15) is 0 Å². The van der Waals surface area contributed by atoms with Gasteiger partial charge < -0.3 is 10.5 Å². The maximum atomic E-state index is 11.7. The first-order valence-corrected chi connectivity index (χ1v) is 7.18. The highest BCUT2D eigenvalue weighted by Crippen LogP contribution is 2.43. The summed E-state index contributed by atoms with van der Waals surface area (Å²) < 4.78 is 5.71. The average Bonchev–Trinajstić information content (AvgIpc) is 2.42. The Balaban J connectivity index is 2.06. The van der Waals surface area contributed by atoms with Gasteiger partial charge in [-0.3, -0.25) is 10.1 Å². The van der Waals surface area contributed by atoms with E-state index in [-0.39, 0.29) is 23.5 Å². The van der Waals surface area contributed by atoms with Gasteiger partial charge in [0.25, 0.3) is 0 Å². The largest absolute Gasteiger partial charge is 0.378 e. The van der Waals surface area contributed by atoms with Crippen molar-refractivity contribution in [1.29, 1.82) is 0 Å². The molecule has 0 radical (unpaired) electrons. The number of hydrogen-bond acceptors (Lipinski definition) is 3. The van der Waals surface area contributed by atoms with Gasteiger partial charge in [0, 0.05) is 18.1 Å². The van der Waals surface area contributed by atoms with Gasteiger partial charge in [-0.05, 0) is 18.9 Å². The summed E-state index contributed by atoms with van der Waals surface area (Å²) in [5.41, 5.74) is 6.47. The Bertz CT molecular complexity index is 459. The van der Waals surface area contributed by atoms with Crippen molar-refractivity contribution < 1.29 is 9.53 Å². The van der Waals surface area contributed by atoms with E-state index in [1.807, 2.05) is 37.3 Å². The lowest BCUT2D eigenvalue weighted by Crippen LogP contribution is -2.62. The number of ether oxygens (including phenoxy) is 1. The van der Waals surface area contributed by atoms with Crippen LogP contribution in [-0.4, -0.2) is 24.7 Å². The van der Waals surface area contributed by atoms with Gasteiger partial charge in [0.2, 0.25) is 5.91 Å². The fourth-order valence-corrected chi connectivity index (χ4v) is 2.84. The van der Waals surface area contributed by atoms with Crippen molar-refractivity contribution >= 4 is 5.91 Å². The molecule has 1 aliphatic rings. The minimum atomic E-state index is -0.442. The molecule has 0 saturated heterocycles. The van der Waals surface area contributed by atoms with E-state index in [1.54, 1.807) is 0 Å². The van der Waals surface area contributed by atoms with Crippen LogP contribution in [-0.2, 0) is 9.53 Å². The molecule has 1 aromatic rings. The van der Waals surface area contributed by atoms with E-state index in [0.717, 1.165) is 18.6 Å². The number of hydrogen-bond donors (Lipinski definition) is 2. The third-order valence-corrected chi connectivity index (χ3v) is 4.33. The Hall–Kier alpha value is -1.39. The quantitative estimate of drug-likeness (QED) is 0.835. The van der Waals surface area contributed by atoms with Crippen molar-refractivity contribution in [3.63, 3.8) is 0 Å². The van der Waals surface area contributed by atoms with E-state index < -0.39 is 6.04 Å². The first kappa shape index (κ1) is 15.0. The Morgan fingerprint density at radius 2 is 2.10 bits per heavy atom. The molecule has 1 amide bonds. The molecule has 1 saturated carbocycles. The number of benzene rings is 1. The lowest BCUT2D eigenvalue weighted by atomic mass is 9.64. The molecule has 110 valence electrons. The molecule has 3 N–H and O–H groups in total. The van der Waals surface area contributed by atoms with E-state index in [9.17, 15) is 4.79 Å². The molecule has 1 fully saturated rings. The lowest BCUT2D eigenvalue weighted by molar-refractivity contribution is -0.129. The third-order valence-electron chi connectivity index (χ3n) is 4.33. The molecule has 0 bridgehead atoms. The summed E-state index contributed by atoms with van der Waals surface area (Å²) in [7, 11) is 0. The van der Waals surface area contributed by atoms with Gasteiger partial charge in [0.05, 0.1) is 6.10 Å². The maximum Gasteiger partial charge on any atom is 0.239 e. The smallest absolute Gasteiger partial charge is 0.239 e. The van der Waals surface area contributed by atoms with Crippen LogP contribution < -0.4 is 11.1 Å². The molecule has 4 heteroatoms. The van der Waals surface area contributed by atoms with Crippen molar-refractivity contribution in [2.75, 3.05) is 6.61 Å². The van der Waals surface area contributed by atoms with Crippen LogP contribution in [0.3, 0.4) is 0 Å². The van der Waals surface area contributed by atoms with Crippen molar-refractivity contribution in [3.05, 3.63) is 35.9 Å². The van der Waals surface area contributed by atoms with Gasteiger partial charge in [-0.25, -0.2) is 0 Å². The number of rotatable bonds is 6. The van der Waals surface area contributed by atoms with Gasteiger partial charge in [-0.1, -0.05) is 44.2 Å². The van der Waals surface area contributed by atoms with Gasteiger partial charge in [0.15, 0.2) is 0 Å². The van der Waals surface area contributed by atoms with E-state index >= 15 is 0 Å². The Labute approximate surface area is 120 Å². The normalized spacial score (nSPS) is 25.8. The van der Waals surface area contributed by atoms with Crippen molar-refractivity contribution in [2.45, 2.75) is 45.4 Å². The van der Waals surface area contributed by atoms with E-state index in [1.165, 1.54) is 0 Å². The summed E-state index contributed by atoms with van der Waals surface area (Å²) >= 11 is 0. The van der Waals surface area contributed by atoms with Crippen LogP contribution >= 0.6 is 0 Å². The van der Waals surface area contributed by atoms with Crippen molar-refractivity contribution in [3.8, 4) is 0 Å². The summed E-state index contributed by atoms with van der Waals surface area (Å²) in [6.45, 7) is 7.06. The number of nitrogens with two attached hydrogens (primary N) is 1. The lowest BCUT2D eigenvalue weighted by Gasteiger charge is -2.52. The first-order valence-electron chi connectivity index (χ1n) is 7.18. The topological polar surface area (TPSA) is 64.3 Å². The highest BCUT2D eigenvalue weighted by Gasteiger charge is 2.49. The van der Waals surface area contributed by atoms with Gasteiger partial charge in [-0.15, -0.1) is 0 Å². The fraction of sp³-hybridized carbons (Fsp3) is 0.562. The number of carbonyl (C=O) groups is 1. The van der Waals surface area contributed by atoms with E-state index in [4.69, 9.17) is 10.5 Å². The molecular weight excluding hydrogens is 252 g/mol. The zero-order chi connectivity index (χ0) is 14.8. The van der Waals surface area contributed by atoms with Crippen LogP contribution in [0.5, 0.6) is 0 Å². The number of amides is 1. The van der Waals surface area contributed by atoms with Gasteiger partial charge >= 0.3 is 0 Å². The molecule has 4 nitrogen and oxygen atoms in total. The van der Waals surface area contributed by atoms with Crippen LogP contribution in [0.1, 0.15) is 38.8 Å². The Morgan fingerprint density at radius 1 is 1.45 bits per heavy atom. The second-order valence-electron chi connectivity index (χ2n) is 5.97. The molecule has 3 atom stereocenters. The summed E-state index contributed by atoms with van der Waals surface area (Å²) in [6, 6.07) is 9.41. The fourth-order valence-electron chi connectivity index (χ4n) is 2.84. The summed E-state index contributed by atoms with van der Waals surface area (Å²) in [4.78, 5) is 11.7. The van der Waals surface area contributed by atoms with Crippen LogP contribution in [0.15, 0.2) is 30.3 Å². The maximum absolute atomic E-state index is 11.7. The summed E-state index contributed by atoms with van der Waals surface area (Å²) in [5.74, 6) is -0.341. The van der Waals surface area contributed by atoms with Gasteiger partial charge in [0.1, 0.15) is 6.04 Å². The van der Waals surface area contributed by atoms with Crippen LogP contribution in [0.25, 0.3) is 0 Å². The molecule has 1 aromatic carbocycles. The monoisotopic (exact) mass is 276 g/mol. The molecule has 20 heavy (non-hydrogen) atoms. The summed E-state index contributed by atoms with van der Waals surface area (Å²) in [6.07, 6.45) is 1.16. The SMILES string of the molecule is CCO[C@@H]1C[C@H](N[C@H](C(N)=O)c2ccccc2)C1(C)C. The zero-order valence-electron chi connectivity index (χ0n) is 12.4. The second-order valence-corrected chi connectivity index (χ2v) is 5.97.